The van der Waals surface area contributed by atoms with Crippen molar-refractivity contribution in [3.63, 3.8) is 0 Å². The molecule has 0 amide bonds. The van der Waals surface area contributed by atoms with Gasteiger partial charge in [0.05, 0.1) is 11.6 Å². The summed E-state index contributed by atoms with van der Waals surface area (Å²) in [6, 6.07) is 14.4. The number of nitrogens with zero attached hydrogens (tertiary/aromatic N) is 3. The molecule has 6 heteroatoms. The molecule has 0 radical (unpaired) electrons. The summed E-state index contributed by atoms with van der Waals surface area (Å²) in [5.74, 6) is -0.826. The van der Waals surface area contributed by atoms with Crippen molar-refractivity contribution in [1.82, 2.24) is 9.66 Å². The normalized spacial score (nSPS) is 11.5. The summed E-state index contributed by atoms with van der Waals surface area (Å²) >= 11 is 0. The lowest BCUT2D eigenvalue weighted by Gasteiger charge is -2.02. The minimum Gasteiger partial charge on any atom is -0.408 e. The van der Waals surface area contributed by atoms with E-state index < -0.39 is 11.3 Å². The number of hydrogen-bond donors (Lipinski definition) is 0. The summed E-state index contributed by atoms with van der Waals surface area (Å²) in [7, 11) is 0. The molecule has 0 spiro atoms. The number of rotatable bonds is 2. The molecule has 6 nitrogen and oxygen atoms in total. The highest BCUT2D eigenvalue weighted by atomic mass is 16.4. The van der Waals surface area contributed by atoms with Gasteiger partial charge in [0.15, 0.2) is 0 Å². The van der Waals surface area contributed by atoms with E-state index in [9.17, 15) is 9.59 Å². The molecule has 2 aromatic carbocycles. The van der Waals surface area contributed by atoms with E-state index in [4.69, 9.17) is 4.42 Å². The largest absolute Gasteiger partial charge is 0.443 e. The third-order valence-electron chi connectivity index (χ3n) is 3.67. The molecule has 0 aliphatic heterocycles. The maximum Gasteiger partial charge on any atom is 0.443 e. The minimum atomic E-state index is -0.826. The van der Waals surface area contributed by atoms with Crippen LogP contribution in [0.3, 0.4) is 0 Å². The molecule has 0 aliphatic carbocycles. The third kappa shape index (κ3) is 2.40. The lowest BCUT2D eigenvalue weighted by Crippen LogP contribution is -2.29. The molecule has 0 N–H and O–H groups in total. The van der Waals surface area contributed by atoms with Gasteiger partial charge in [0, 0.05) is 12.4 Å². The van der Waals surface area contributed by atoms with Crippen LogP contribution in [-0.2, 0) is 0 Å². The first-order valence-electron chi connectivity index (χ1n) is 7.25. The van der Waals surface area contributed by atoms with Crippen LogP contribution in [-0.4, -0.2) is 15.9 Å². The highest BCUT2D eigenvalue weighted by molar-refractivity contribution is 5.95. The van der Waals surface area contributed by atoms with Gasteiger partial charge >= 0.3 is 5.76 Å². The van der Waals surface area contributed by atoms with Crippen molar-refractivity contribution in [3.8, 4) is 0 Å². The molecule has 2 aromatic heterocycles. The number of hydrogen-bond acceptors (Lipinski definition) is 5. The molecule has 0 aliphatic rings. The van der Waals surface area contributed by atoms with Crippen molar-refractivity contribution in [2.45, 2.75) is 0 Å². The van der Waals surface area contributed by atoms with E-state index in [1.165, 1.54) is 6.21 Å². The van der Waals surface area contributed by atoms with E-state index in [1.807, 2.05) is 24.3 Å². The molecule has 0 fully saturated rings. The second kappa shape index (κ2) is 5.58. The monoisotopic (exact) mass is 317 g/mol. The topological polar surface area (TPSA) is 77.5 Å². The Hall–Kier alpha value is -3.54. The number of benzene rings is 2. The molecule has 24 heavy (non-hydrogen) atoms. The minimum absolute atomic E-state index is 0.249. The Kier molecular flexibility index (Phi) is 3.28. The van der Waals surface area contributed by atoms with Gasteiger partial charge in [-0.1, -0.05) is 24.3 Å². The fourth-order valence-corrected chi connectivity index (χ4v) is 2.48. The van der Waals surface area contributed by atoms with Crippen LogP contribution in [0.5, 0.6) is 0 Å². The van der Waals surface area contributed by atoms with Gasteiger partial charge in [-0.3, -0.25) is 9.78 Å². The Balaban J connectivity index is 1.93. The van der Waals surface area contributed by atoms with E-state index >= 15 is 0 Å². The van der Waals surface area contributed by atoms with Gasteiger partial charge in [0.1, 0.15) is 5.58 Å². The fraction of sp³-hybridized carbons (Fsp3) is 0. The smallest absolute Gasteiger partial charge is 0.408 e. The molecular formula is C18H11N3O3. The Morgan fingerprint density at radius 2 is 1.71 bits per heavy atom. The SMILES string of the molecule is O=c1oc2cc3ccccc3cc2c(=O)n1/N=C/c1ccncc1. The van der Waals surface area contributed by atoms with Crippen molar-refractivity contribution in [1.29, 1.82) is 0 Å². The average molecular weight is 317 g/mol. The zero-order valence-corrected chi connectivity index (χ0v) is 12.4. The zero-order valence-electron chi connectivity index (χ0n) is 12.4. The average Bonchev–Trinajstić information content (AvgIpc) is 2.61. The predicted octanol–water partition coefficient (Wildman–Crippen LogP) is 2.39. The van der Waals surface area contributed by atoms with Gasteiger partial charge in [0.25, 0.3) is 5.56 Å². The summed E-state index contributed by atoms with van der Waals surface area (Å²) in [6.07, 6.45) is 4.60. The van der Waals surface area contributed by atoms with Crippen molar-refractivity contribution in [2.24, 2.45) is 5.10 Å². The third-order valence-corrected chi connectivity index (χ3v) is 3.67. The van der Waals surface area contributed by atoms with E-state index in [0.717, 1.165) is 21.0 Å². The van der Waals surface area contributed by atoms with Gasteiger partial charge in [-0.2, -0.15) is 5.10 Å². The Morgan fingerprint density at radius 3 is 2.46 bits per heavy atom. The fourth-order valence-electron chi connectivity index (χ4n) is 2.48. The molecule has 0 saturated heterocycles. The molecule has 0 unspecified atom stereocenters. The second-order valence-corrected chi connectivity index (χ2v) is 5.21. The summed E-state index contributed by atoms with van der Waals surface area (Å²) < 4.78 is 5.97. The number of pyridine rings is 1. The highest BCUT2D eigenvalue weighted by Gasteiger charge is 2.10. The van der Waals surface area contributed by atoms with E-state index in [1.54, 1.807) is 36.7 Å². The van der Waals surface area contributed by atoms with E-state index in [-0.39, 0.29) is 5.58 Å². The highest BCUT2D eigenvalue weighted by Crippen LogP contribution is 2.19. The van der Waals surface area contributed by atoms with Gasteiger partial charge in [-0.25, -0.2) is 4.79 Å². The summed E-state index contributed by atoms with van der Waals surface area (Å²) in [5.41, 5.74) is 0.450. The Morgan fingerprint density at radius 1 is 1.00 bits per heavy atom. The van der Waals surface area contributed by atoms with Crippen LogP contribution in [0.2, 0.25) is 0 Å². The Labute approximate surface area is 135 Å². The van der Waals surface area contributed by atoms with Crippen LogP contribution >= 0.6 is 0 Å². The summed E-state index contributed by atoms with van der Waals surface area (Å²) in [6.45, 7) is 0. The van der Waals surface area contributed by atoms with Gasteiger partial charge < -0.3 is 4.42 Å². The van der Waals surface area contributed by atoms with Crippen LogP contribution in [0.4, 0.5) is 0 Å². The van der Waals surface area contributed by atoms with Crippen LogP contribution < -0.4 is 11.3 Å². The standard InChI is InChI=1S/C18H11N3O3/c22-17-15-9-13-3-1-2-4-14(13)10-16(15)24-18(23)21(17)20-11-12-5-7-19-8-6-12/h1-11H/b20-11+. The quantitative estimate of drug-likeness (QED) is 0.420. The predicted molar refractivity (Wildman–Crippen MR) is 91.5 cm³/mol. The zero-order chi connectivity index (χ0) is 16.5. The molecule has 4 aromatic rings. The van der Waals surface area contributed by atoms with Crippen LogP contribution in [0, 0.1) is 0 Å². The van der Waals surface area contributed by atoms with Crippen molar-refractivity contribution < 1.29 is 4.42 Å². The second-order valence-electron chi connectivity index (χ2n) is 5.21. The van der Waals surface area contributed by atoms with Gasteiger partial charge in [-0.05, 0) is 40.6 Å². The molecule has 116 valence electrons. The van der Waals surface area contributed by atoms with E-state index in [0.29, 0.717) is 5.39 Å². The molecule has 0 atom stereocenters. The molecular weight excluding hydrogens is 306 g/mol. The maximum absolute atomic E-state index is 12.6. The van der Waals surface area contributed by atoms with Gasteiger partial charge in [-0.15, -0.1) is 4.68 Å². The van der Waals surface area contributed by atoms with Crippen molar-refractivity contribution in [3.05, 3.63) is 87.4 Å². The lowest BCUT2D eigenvalue weighted by atomic mass is 10.1. The van der Waals surface area contributed by atoms with Gasteiger partial charge in [0.2, 0.25) is 0 Å². The van der Waals surface area contributed by atoms with Crippen LogP contribution in [0.1, 0.15) is 5.56 Å². The summed E-state index contributed by atoms with van der Waals surface area (Å²) in [5, 5.41) is 6.04. The molecule has 4 rings (SSSR count). The first-order valence-corrected chi connectivity index (χ1v) is 7.25. The summed E-state index contributed by atoms with van der Waals surface area (Å²) in [4.78, 5) is 28.6. The molecule has 2 heterocycles. The van der Waals surface area contributed by atoms with E-state index in [2.05, 4.69) is 10.1 Å². The van der Waals surface area contributed by atoms with Crippen molar-refractivity contribution in [2.75, 3.05) is 0 Å². The molecule has 0 saturated carbocycles. The first kappa shape index (κ1) is 14.1. The van der Waals surface area contributed by atoms with Crippen LogP contribution in [0.15, 0.2) is 80.0 Å². The Bertz CT molecular complexity index is 1190. The lowest BCUT2D eigenvalue weighted by molar-refractivity contribution is 0.481. The molecule has 0 bridgehead atoms. The maximum atomic E-state index is 12.6. The first-order chi connectivity index (χ1) is 11.7. The number of aromatic nitrogens is 2. The van der Waals surface area contributed by atoms with Crippen molar-refractivity contribution >= 4 is 28.0 Å². The van der Waals surface area contributed by atoms with Crippen LogP contribution in [0.25, 0.3) is 21.7 Å². The number of fused-ring (bicyclic) bond motifs is 2.